The number of rotatable bonds is 9. The first-order chi connectivity index (χ1) is 14.2. The van der Waals surface area contributed by atoms with Crippen LogP contribution in [-0.4, -0.2) is 56.7 Å². The van der Waals surface area contributed by atoms with E-state index in [1.165, 1.54) is 5.69 Å². The highest BCUT2D eigenvalue weighted by molar-refractivity contribution is 6.30. The van der Waals surface area contributed by atoms with Crippen molar-refractivity contribution in [2.75, 3.05) is 50.8 Å². The zero-order valence-corrected chi connectivity index (χ0v) is 17.8. The van der Waals surface area contributed by atoms with Crippen molar-refractivity contribution in [1.29, 1.82) is 0 Å². The molecular weight excluding hydrogens is 386 g/mol. The highest BCUT2D eigenvalue weighted by atomic mass is 35.5. The summed E-state index contributed by atoms with van der Waals surface area (Å²) < 4.78 is 5.64. The smallest absolute Gasteiger partial charge is 0.251 e. The Morgan fingerprint density at radius 1 is 1.03 bits per heavy atom. The Kier molecular flexibility index (Phi) is 8.20. The minimum absolute atomic E-state index is 0.0371. The molecule has 29 heavy (non-hydrogen) atoms. The number of carbonyl (C=O) groups is 1. The monoisotopic (exact) mass is 415 g/mol. The van der Waals surface area contributed by atoms with Gasteiger partial charge in [0.05, 0.1) is 6.61 Å². The second-order valence-corrected chi connectivity index (χ2v) is 7.72. The van der Waals surface area contributed by atoms with Crippen LogP contribution in [-0.2, 0) is 0 Å². The predicted molar refractivity (Wildman–Crippen MR) is 119 cm³/mol. The molecule has 1 amide bonds. The van der Waals surface area contributed by atoms with Crippen LogP contribution in [0, 0.1) is 0 Å². The first-order valence-corrected chi connectivity index (χ1v) is 10.8. The molecule has 1 fully saturated rings. The van der Waals surface area contributed by atoms with Crippen LogP contribution >= 0.6 is 11.6 Å². The van der Waals surface area contributed by atoms with E-state index < -0.39 is 0 Å². The third kappa shape index (κ3) is 6.65. The van der Waals surface area contributed by atoms with Crippen LogP contribution in [0.4, 0.5) is 5.69 Å². The first kappa shape index (κ1) is 21.5. The van der Waals surface area contributed by atoms with Gasteiger partial charge in [0.25, 0.3) is 5.91 Å². The number of ether oxygens (including phenoxy) is 1. The summed E-state index contributed by atoms with van der Waals surface area (Å²) in [6, 6.07) is 15.4. The Bertz CT molecular complexity index is 757. The van der Waals surface area contributed by atoms with Crippen molar-refractivity contribution in [2.45, 2.75) is 19.8 Å². The van der Waals surface area contributed by atoms with E-state index in [9.17, 15) is 4.79 Å². The van der Waals surface area contributed by atoms with Crippen LogP contribution in [0.5, 0.6) is 5.75 Å². The van der Waals surface area contributed by atoms with Gasteiger partial charge in [-0.05, 0) is 55.0 Å². The summed E-state index contributed by atoms with van der Waals surface area (Å²) in [5.41, 5.74) is 1.88. The summed E-state index contributed by atoms with van der Waals surface area (Å²) >= 11 is 5.97. The molecule has 1 aliphatic rings. The number of hydrogen-bond acceptors (Lipinski definition) is 4. The summed E-state index contributed by atoms with van der Waals surface area (Å²) in [6.45, 7) is 8.30. The van der Waals surface area contributed by atoms with Crippen LogP contribution in [0.1, 0.15) is 30.1 Å². The quantitative estimate of drug-likeness (QED) is 0.627. The lowest BCUT2D eigenvalue weighted by molar-refractivity contribution is 0.0947. The van der Waals surface area contributed by atoms with Gasteiger partial charge < -0.3 is 15.0 Å². The molecule has 2 aromatic carbocycles. The van der Waals surface area contributed by atoms with E-state index in [2.05, 4.69) is 34.2 Å². The van der Waals surface area contributed by atoms with Gasteiger partial charge in [0.15, 0.2) is 0 Å². The molecule has 1 heterocycles. The standard InChI is InChI=1S/C23H30ClN3O2/c1-2-3-18-29-22-10-4-19(5-11-22)23(28)25-12-13-26-14-16-27(17-15-26)21-8-6-20(24)7-9-21/h4-11H,2-3,12-18H2,1H3,(H,25,28). The van der Waals surface area contributed by atoms with Crippen molar-refractivity contribution < 1.29 is 9.53 Å². The fourth-order valence-electron chi connectivity index (χ4n) is 3.35. The molecule has 1 N–H and O–H groups in total. The predicted octanol–water partition coefficient (Wildman–Crippen LogP) is 4.07. The zero-order chi connectivity index (χ0) is 20.5. The van der Waals surface area contributed by atoms with Crippen molar-refractivity contribution in [3.8, 4) is 5.75 Å². The van der Waals surface area contributed by atoms with E-state index in [1.807, 2.05) is 36.4 Å². The number of unbranched alkanes of at least 4 members (excludes halogenated alkanes) is 1. The maximum atomic E-state index is 12.3. The fraction of sp³-hybridized carbons (Fsp3) is 0.435. The topological polar surface area (TPSA) is 44.8 Å². The molecule has 1 saturated heterocycles. The number of anilines is 1. The highest BCUT2D eigenvalue weighted by Crippen LogP contribution is 2.19. The Hall–Kier alpha value is -2.24. The highest BCUT2D eigenvalue weighted by Gasteiger charge is 2.17. The van der Waals surface area contributed by atoms with Crippen LogP contribution < -0.4 is 15.0 Å². The number of hydrogen-bond donors (Lipinski definition) is 1. The molecule has 156 valence electrons. The zero-order valence-electron chi connectivity index (χ0n) is 17.1. The van der Waals surface area contributed by atoms with E-state index in [1.54, 1.807) is 0 Å². The molecule has 1 aliphatic heterocycles. The second-order valence-electron chi connectivity index (χ2n) is 7.29. The van der Waals surface area contributed by atoms with Crippen molar-refractivity contribution in [2.24, 2.45) is 0 Å². The molecule has 5 nitrogen and oxygen atoms in total. The van der Waals surface area contributed by atoms with E-state index in [-0.39, 0.29) is 5.91 Å². The van der Waals surface area contributed by atoms with E-state index >= 15 is 0 Å². The summed E-state index contributed by atoms with van der Waals surface area (Å²) in [4.78, 5) is 17.1. The average molecular weight is 416 g/mol. The molecule has 0 saturated carbocycles. The average Bonchev–Trinajstić information content (AvgIpc) is 2.75. The number of piperazine rings is 1. The van der Waals surface area contributed by atoms with Gasteiger partial charge in [-0.3, -0.25) is 9.69 Å². The van der Waals surface area contributed by atoms with Crippen LogP contribution in [0.3, 0.4) is 0 Å². The Balaban J connectivity index is 1.36. The van der Waals surface area contributed by atoms with Crippen molar-refractivity contribution in [3.63, 3.8) is 0 Å². The third-order valence-electron chi connectivity index (χ3n) is 5.16. The second kappa shape index (κ2) is 11.1. The maximum absolute atomic E-state index is 12.3. The summed E-state index contributed by atoms with van der Waals surface area (Å²) in [5.74, 6) is 0.776. The van der Waals surface area contributed by atoms with Crippen molar-refractivity contribution in [3.05, 3.63) is 59.1 Å². The minimum Gasteiger partial charge on any atom is -0.494 e. The fourth-order valence-corrected chi connectivity index (χ4v) is 3.47. The molecule has 2 aromatic rings. The van der Waals surface area contributed by atoms with Gasteiger partial charge in [-0.15, -0.1) is 0 Å². The summed E-state index contributed by atoms with van der Waals surface area (Å²) in [5, 5.41) is 3.78. The number of nitrogens with zero attached hydrogens (tertiary/aromatic N) is 2. The molecule has 3 rings (SSSR count). The molecule has 0 aliphatic carbocycles. The molecule has 6 heteroatoms. The lowest BCUT2D eigenvalue weighted by Gasteiger charge is -2.36. The molecule has 0 unspecified atom stereocenters. The van der Waals surface area contributed by atoms with E-state index in [0.29, 0.717) is 18.7 Å². The van der Waals surface area contributed by atoms with Gasteiger partial charge in [-0.2, -0.15) is 0 Å². The number of nitrogens with one attached hydrogen (secondary N) is 1. The normalized spacial score (nSPS) is 14.6. The summed E-state index contributed by atoms with van der Waals surface area (Å²) in [6.07, 6.45) is 2.15. The number of amides is 1. The number of halogens is 1. The number of carbonyl (C=O) groups excluding carboxylic acids is 1. The van der Waals surface area contributed by atoms with Gasteiger partial charge >= 0.3 is 0 Å². The van der Waals surface area contributed by atoms with Gasteiger partial charge in [-0.1, -0.05) is 24.9 Å². The molecule has 0 radical (unpaired) electrons. The van der Waals surface area contributed by atoms with Crippen molar-refractivity contribution in [1.82, 2.24) is 10.2 Å². The molecular formula is C23H30ClN3O2. The molecule has 0 bridgehead atoms. The minimum atomic E-state index is -0.0371. The van der Waals surface area contributed by atoms with Gasteiger partial charge in [-0.25, -0.2) is 0 Å². The first-order valence-electron chi connectivity index (χ1n) is 10.4. The van der Waals surface area contributed by atoms with E-state index in [0.717, 1.165) is 56.3 Å². The molecule has 0 atom stereocenters. The van der Waals surface area contributed by atoms with E-state index in [4.69, 9.17) is 16.3 Å². The van der Waals surface area contributed by atoms with Crippen LogP contribution in [0.25, 0.3) is 0 Å². The van der Waals surface area contributed by atoms with Gasteiger partial charge in [0.2, 0.25) is 0 Å². The van der Waals surface area contributed by atoms with Gasteiger partial charge in [0.1, 0.15) is 5.75 Å². The lowest BCUT2D eigenvalue weighted by Crippen LogP contribution is -2.48. The Morgan fingerprint density at radius 2 is 1.72 bits per heavy atom. The largest absolute Gasteiger partial charge is 0.494 e. The molecule has 0 spiro atoms. The lowest BCUT2D eigenvalue weighted by atomic mass is 10.2. The third-order valence-corrected chi connectivity index (χ3v) is 5.41. The Morgan fingerprint density at radius 3 is 2.38 bits per heavy atom. The maximum Gasteiger partial charge on any atom is 0.251 e. The van der Waals surface area contributed by atoms with Crippen molar-refractivity contribution >= 4 is 23.2 Å². The number of benzene rings is 2. The molecule has 0 aromatic heterocycles. The Labute approximate surface area is 178 Å². The van der Waals surface area contributed by atoms with Crippen LogP contribution in [0.15, 0.2) is 48.5 Å². The SMILES string of the molecule is CCCCOc1ccc(C(=O)NCCN2CCN(c3ccc(Cl)cc3)CC2)cc1. The van der Waals surface area contributed by atoms with Gasteiger partial charge in [0, 0.05) is 55.5 Å². The summed E-state index contributed by atoms with van der Waals surface area (Å²) in [7, 11) is 0. The van der Waals surface area contributed by atoms with Crippen LogP contribution in [0.2, 0.25) is 5.02 Å².